The predicted octanol–water partition coefficient (Wildman–Crippen LogP) is 3.60. The van der Waals surface area contributed by atoms with Crippen LogP contribution in [-0.2, 0) is 0 Å². The number of rotatable bonds is 6. The Kier molecular flexibility index (Phi) is 4.95. The minimum absolute atomic E-state index is 0.0278. The summed E-state index contributed by atoms with van der Waals surface area (Å²) in [7, 11) is 0. The van der Waals surface area contributed by atoms with Crippen molar-refractivity contribution in [3.63, 3.8) is 0 Å². The summed E-state index contributed by atoms with van der Waals surface area (Å²) in [5.41, 5.74) is 0.419. The van der Waals surface area contributed by atoms with Crippen LogP contribution in [0.3, 0.4) is 0 Å². The quantitative estimate of drug-likeness (QED) is 0.425. The maximum absolute atomic E-state index is 12.6. The molecule has 5 nitrogen and oxygen atoms in total. The number of nitro groups is 1. The molecule has 20 heavy (non-hydrogen) atoms. The van der Waals surface area contributed by atoms with Gasteiger partial charge in [0.25, 0.3) is 11.6 Å². The highest BCUT2D eigenvalue weighted by molar-refractivity contribution is 14.1. The van der Waals surface area contributed by atoms with E-state index in [2.05, 4.69) is 29.5 Å². The van der Waals surface area contributed by atoms with Gasteiger partial charge in [-0.05, 0) is 47.9 Å². The average molecular weight is 388 g/mol. The van der Waals surface area contributed by atoms with E-state index < -0.39 is 4.92 Å². The maximum atomic E-state index is 12.6. The van der Waals surface area contributed by atoms with E-state index in [1.165, 1.54) is 12.1 Å². The van der Waals surface area contributed by atoms with Crippen LogP contribution in [0, 0.1) is 13.7 Å². The molecule has 0 heterocycles. The van der Waals surface area contributed by atoms with Crippen LogP contribution in [0.4, 0.5) is 5.69 Å². The summed E-state index contributed by atoms with van der Waals surface area (Å²) in [4.78, 5) is 24.9. The third-order valence-corrected chi connectivity index (χ3v) is 4.33. The van der Waals surface area contributed by atoms with Crippen molar-refractivity contribution in [2.75, 3.05) is 6.54 Å². The molecule has 0 spiro atoms. The summed E-state index contributed by atoms with van der Waals surface area (Å²) in [5, 5.41) is 10.9. The van der Waals surface area contributed by atoms with Gasteiger partial charge in [-0.15, -0.1) is 0 Å². The van der Waals surface area contributed by atoms with Crippen molar-refractivity contribution in [3.05, 3.63) is 37.4 Å². The third kappa shape index (κ3) is 3.47. The monoisotopic (exact) mass is 388 g/mol. The molecule has 0 bridgehead atoms. The molecule has 108 valence electrons. The second kappa shape index (κ2) is 6.51. The van der Waals surface area contributed by atoms with Crippen molar-refractivity contribution in [3.8, 4) is 0 Å². The minimum Gasteiger partial charge on any atom is -0.336 e. The van der Waals surface area contributed by atoms with Crippen molar-refractivity contribution < 1.29 is 9.72 Å². The molecule has 1 fully saturated rings. The van der Waals surface area contributed by atoms with Crippen molar-refractivity contribution in [2.45, 2.75) is 38.6 Å². The Balaban J connectivity index is 2.25. The highest BCUT2D eigenvalue weighted by atomic mass is 127. The fourth-order valence-electron chi connectivity index (χ4n) is 2.11. The Morgan fingerprint density at radius 2 is 2.20 bits per heavy atom. The molecule has 1 aromatic rings. The molecule has 0 aliphatic heterocycles. The van der Waals surface area contributed by atoms with Gasteiger partial charge < -0.3 is 4.90 Å². The molecule has 0 N–H and O–H groups in total. The summed E-state index contributed by atoms with van der Waals surface area (Å²) < 4.78 is 0.764. The molecular formula is C14H17IN2O3. The summed E-state index contributed by atoms with van der Waals surface area (Å²) in [6.45, 7) is 2.82. The lowest BCUT2D eigenvalue weighted by Gasteiger charge is -2.22. The van der Waals surface area contributed by atoms with E-state index in [9.17, 15) is 14.9 Å². The first-order valence-electron chi connectivity index (χ1n) is 6.79. The highest BCUT2D eigenvalue weighted by Gasteiger charge is 2.33. The first-order chi connectivity index (χ1) is 9.54. The Morgan fingerprint density at radius 3 is 2.75 bits per heavy atom. The van der Waals surface area contributed by atoms with E-state index in [1.807, 2.05) is 4.90 Å². The van der Waals surface area contributed by atoms with Gasteiger partial charge in [0.15, 0.2) is 0 Å². The first kappa shape index (κ1) is 15.2. The molecule has 0 atom stereocenters. The number of hydrogen-bond acceptors (Lipinski definition) is 3. The van der Waals surface area contributed by atoms with E-state index in [4.69, 9.17) is 0 Å². The van der Waals surface area contributed by atoms with E-state index in [0.29, 0.717) is 11.6 Å². The second-order valence-corrected chi connectivity index (χ2v) is 6.17. The number of carbonyl (C=O) groups is 1. The van der Waals surface area contributed by atoms with Crippen LogP contribution in [0.2, 0.25) is 0 Å². The standard InChI is InChI=1S/C14H17IN2O3/c1-2-3-8-16(10-4-5-10)14(18)12-9-11(17(19)20)6-7-13(12)15/h6-7,9-10H,2-5,8H2,1H3. The fourth-order valence-corrected chi connectivity index (χ4v) is 2.68. The Hall–Kier alpha value is -1.18. The van der Waals surface area contributed by atoms with Crippen molar-refractivity contribution in [2.24, 2.45) is 0 Å². The smallest absolute Gasteiger partial charge is 0.270 e. The highest BCUT2D eigenvalue weighted by Crippen LogP contribution is 2.30. The van der Waals surface area contributed by atoms with Gasteiger partial charge in [0, 0.05) is 28.3 Å². The topological polar surface area (TPSA) is 63.5 Å². The minimum atomic E-state index is -0.458. The number of unbranched alkanes of at least 4 members (excludes halogenated alkanes) is 1. The van der Waals surface area contributed by atoms with Gasteiger partial charge in [-0.25, -0.2) is 0 Å². The van der Waals surface area contributed by atoms with Crippen LogP contribution in [0.1, 0.15) is 43.0 Å². The molecule has 0 aromatic heterocycles. The molecule has 0 unspecified atom stereocenters. The van der Waals surface area contributed by atoms with Gasteiger partial charge in [0.1, 0.15) is 0 Å². The molecule has 2 rings (SSSR count). The summed E-state index contributed by atoms with van der Waals surface area (Å²) >= 11 is 2.06. The van der Waals surface area contributed by atoms with Crippen LogP contribution in [-0.4, -0.2) is 28.3 Å². The van der Waals surface area contributed by atoms with Crippen LogP contribution in [0.25, 0.3) is 0 Å². The van der Waals surface area contributed by atoms with Crippen molar-refractivity contribution >= 4 is 34.2 Å². The van der Waals surface area contributed by atoms with E-state index >= 15 is 0 Å². The number of nitrogens with zero attached hydrogens (tertiary/aromatic N) is 2. The van der Waals surface area contributed by atoms with Crippen LogP contribution in [0.5, 0.6) is 0 Å². The average Bonchev–Trinajstić information content (AvgIpc) is 3.23. The number of hydrogen-bond donors (Lipinski definition) is 0. The van der Waals surface area contributed by atoms with E-state index in [-0.39, 0.29) is 11.6 Å². The SMILES string of the molecule is CCCCN(C(=O)c1cc([N+](=O)[O-])ccc1I)C1CC1. The molecule has 0 saturated heterocycles. The van der Waals surface area contributed by atoms with Gasteiger partial charge >= 0.3 is 0 Å². The normalized spacial score (nSPS) is 14.1. The second-order valence-electron chi connectivity index (χ2n) is 5.00. The van der Waals surface area contributed by atoms with Gasteiger partial charge in [-0.3, -0.25) is 14.9 Å². The zero-order valence-electron chi connectivity index (χ0n) is 11.3. The van der Waals surface area contributed by atoms with Crippen LogP contribution in [0.15, 0.2) is 18.2 Å². The lowest BCUT2D eigenvalue weighted by molar-refractivity contribution is -0.384. The van der Waals surface area contributed by atoms with Crippen molar-refractivity contribution in [1.82, 2.24) is 4.90 Å². The molecule has 1 saturated carbocycles. The van der Waals surface area contributed by atoms with Gasteiger partial charge in [0.2, 0.25) is 0 Å². The number of halogens is 1. The van der Waals surface area contributed by atoms with Gasteiger partial charge in [-0.2, -0.15) is 0 Å². The van der Waals surface area contributed by atoms with Crippen molar-refractivity contribution in [1.29, 1.82) is 0 Å². The molecule has 0 radical (unpaired) electrons. The van der Waals surface area contributed by atoms with Crippen LogP contribution < -0.4 is 0 Å². The first-order valence-corrected chi connectivity index (χ1v) is 7.87. The zero-order chi connectivity index (χ0) is 14.7. The lowest BCUT2D eigenvalue weighted by Crippen LogP contribution is -2.34. The number of nitro benzene ring substituents is 1. The Bertz CT molecular complexity index is 529. The molecule has 1 aromatic carbocycles. The zero-order valence-corrected chi connectivity index (χ0v) is 13.5. The lowest BCUT2D eigenvalue weighted by atomic mass is 10.1. The Morgan fingerprint density at radius 1 is 1.50 bits per heavy atom. The number of benzene rings is 1. The number of carbonyl (C=O) groups excluding carboxylic acids is 1. The Labute approximate surface area is 131 Å². The van der Waals surface area contributed by atoms with E-state index in [1.54, 1.807) is 6.07 Å². The third-order valence-electron chi connectivity index (χ3n) is 3.39. The number of amides is 1. The van der Waals surface area contributed by atoms with E-state index in [0.717, 1.165) is 35.8 Å². The summed E-state index contributed by atoms with van der Waals surface area (Å²) in [6, 6.07) is 4.79. The molecular weight excluding hydrogens is 371 g/mol. The molecule has 1 amide bonds. The summed E-state index contributed by atoms with van der Waals surface area (Å²) in [5.74, 6) is -0.0750. The summed E-state index contributed by atoms with van der Waals surface area (Å²) in [6.07, 6.45) is 4.08. The van der Waals surface area contributed by atoms with Crippen LogP contribution >= 0.6 is 22.6 Å². The maximum Gasteiger partial charge on any atom is 0.270 e. The number of non-ortho nitro benzene ring substituents is 1. The predicted molar refractivity (Wildman–Crippen MR) is 84.8 cm³/mol. The van der Waals surface area contributed by atoms with Gasteiger partial charge in [0.05, 0.1) is 10.5 Å². The largest absolute Gasteiger partial charge is 0.336 e. The molecule has 1 aliphatic carbocycles. The molecule has 1 aliphatic rings. The molecule has 6 heteroatoms. The fraction of sp³-hybridized carbons (Fsp3) is 0.500. The van der Waals surface area contributed by atoms with Gasteiger partial charge in [-0.1, -0.05) is 13.3 Å².